The number of carbonyl (C=O) groups is 3. The van der Waals surface area contributed by atoms with Gasteiger partial charge in [-0.1, -0.05) is 0 Å². The lowest BCUT2D eigenvalue weighted by Gasteiger charge is -2.29. The summed E-state index contributed by atoms with van der Waals surface area (Å²) in [6.45, 7) is 2.25. The van der Waals surface area contributed by atoms with E-state index in [1.165, 1.54) is 18.2 Å². The SMILES string of the molecule is CO[C@H]1CCN(Cc2cc3c(nc2C=O)N(C(=O)Nc2cc(C[C@H]4COC[C@@H]4OC)c(C#N)cn2)CCC3)C1=O. The molecule has 0 spiro atoms. The molecule has 0 saturated carbocycles. The van der Waals surface area contributed by atoms with Crippen LogP contribution in [-0.4, -0.2) is 85.8 Å². The standard InChI is InChI=1S/C28H32N6O6/c1-38-23-5-7-33(27(23)36)13-19-8-17-4-3-6-34(26(17)31-22(19)14-35)28(37)32-25-10-18(21(11-29)12-30-25)9-20-15-40-16-24(20)39-2/h8,10,12,14,20,23-24H,3-7,9,13,15-16H2,1-2H3,(H,30,32,37)/t20-,23-,24-/m0/s1. The van der Waals surface area contributed by atoms with Crippen LogP contribution in [-0.2, 0) is 38.4 Å². The number of methoxy groups -OCH3 is 2. The number of anilines is 2. The van der Waals surface area contributed by atoms with E-state index in [9.17, 15) is 19.6 Å². The molecule has 0 aliphatic carbocycles. The van der Waals surface area contributed by atoms with Gasteiger partial charge in [0.15, 0.2) is 6.29 Å². The number of likely N-dealkylation sites (tertiary alicyclic amines) is 1. The smallest absolute Gasteiger partial charge is 0.328 e. The minimum absolute atomic E-state index is 0.0597. The number of aromatic nitrogens is 2. The Morgan fingerprint density at radius 2 is 2.10 bits per heavy atom. The van der Waals surface area contributed by atoms with E-state index in [0.29, 0.717) is 81.0 Å². The van der Waals surface area contributed by atoms with Gasteiger partial charge in [0.1, 0.15) is 29.5 Å². The number of nitrogens with zero attached hydrogens (tertiary/aromatic N) is 5. The van der Waals surface area contributed by atoms with Crippen molar-refractivity contribution in [3.63, 3.8) is 0 Å². The lowest BCUT2D eigenvalue weighted by atomic mass is 9.94. The molecule has 0 bridgehead atoms. The molecule has 40 heavy (non-hydrogen) atoms. The van der Waals surface area contributed by atoms with E-state index in [2.05, 4.69) is 21.4 Å². The predicted octanol–water partition coefficient (Wildman–Crippen LogP) is 2.10. The molecule has 5 rings (SSSR count). The summed E-state index contributed by atoms with van der Waals surface area (Å²) in [5, 5.41) is 12.4. The number of hydrogen-bond acceptors (Lipinski definition) is 9. The first-order chi connectivity index (χ1) is 19.4. The van der Waals surface area contributed by atoms with Crippen LogP contribution in [0.1, 0.15) is 45.6 Å². The van der Waals surface area contributed by atoms with E-state index in [1.807, 2.05) is 6.07 Å². The average Bonchev–Trinajstić information content (AvgIpc) is 3.57. The Bertz CT molecular complexity index is 1340. The Morgan fingerprint density at radius 1 is 1.25 bits per heavy atom. The number of nitriles is 1. The van der Waals surface area contributed by atoms with Gasteiger partial charge >= 0.3 is 6.03 Å². The molecule has 3 aliphatic rings. The summed E-state index contributed by atoms with van der Waals surface area (Å²) >= 11 is 0. The molecule has 2 aromatic heterocycles. The molecule has 2 saturated heterocycles. The molecule has 1 N–H and O–H groups in total. The van der Waals surface area contributed by atoms with Crippen LogP contribution < -0.4 is 10.2 Å². The van der Waals surface area contributed by atoms with Crippen LogP contribution in [0.15, 0.2) is 18.3 Å². The van der Waals surface area contributed by atoms with Gasteiger partial charge < -0.3 is 19.1 Å². The van der Waals surface area contributed by atoms with Crippen LogP contribution in [0.4, 0.5) is 16.4 Å². The van der Waals surface area contributed by atoms with Crippen LogP contribution >= 0.6 is 0 Å². The van der Waals surface area contributed by atoms with Gasteiger partial charge in [0.25, 0.3) is 5.91 Å². The Hall–Kier alpha value is -3.92. The maximum atomic E-state index is 13.4. The first kappa shape index (κ1) is 27.6. The normalized spacial score (nSPS) is 22.2. The van der Waals surface area contributed by atoms with Crippen molar-refractivity contribution in [3.05, 3.63) is 46.3 Å². The highest BCUT2D eigenvalue weighted by atomic mass is 16.5. The van der Waals surface area contributed by atoms with Crippen molar-refractivity contribution in [2.75, 3.05) is 50.7 Å². The molecule has 210 valence electrons. The summed E-state index contributed by atoms with van der Waals surface area (Å²) in [5.41, 5.74) is 2.85. The maximum absolute atomic E-state index is 13.4. The van der Waals surface area contributed by atoms with E-state index < -0.39 is 12.1 Å². The number of amides is 3. The van der Waals surface area contributed by atoms with Gasteiger partial charge in [-0.2, -0.15) is 5.26 Å². The van der Waals surface area contributed by atoms with Crippen LogP contribution in [0.3, 0.4) is 0 Å². The van der Waals surface area contributed by atoms with Gasteiger partial charge in [-0.25, -0.2) is 14.8 Å². The molecule has 3 atom stereocenters. The molecule has 0 aromatic carbocycles. The zero-order chi connectivity index (χ0) is 28.2. The number of urea groups is 1. The van der Waals surface area contributed by atoms with Crippen LogP contribution in [0.2, 0.25) is 0 Å². The number of nitrogens with one attached hydrogen (secondary N) is 1. The Morgan fingerprint density at radius 3 is 2.83 bits per heavy atom. The van der Waals surface area contributed by atoms with E-state index in [4.69, 9.17) is 14.2 Å². The second kappa shape index (κ2) is 12.1. The third kappa shape index (κ3) is 5.54. The third-order valence-corrected chi connectivity index (χ3v) is 7.80. The van der Waals surface area contributed by atoms with E-state index in [1.54, 1.807) is 18.1 Å². The van der Waals surface area contributed by atoms with Gasteiger partial charge in [0.05, 0.1) is 24.9 Å². The number of ether oxygens (including phenoxy) is 3. The number of rotatable bonds is 8. The van der Waals surface area contributed by atoms with Crippen molar-refractivity contribution in [2.45, 2.75) is 44.4 Å². The third-order valence-electron chi connectivity index (χ3n) is 7.80. The van der Waals surface area contributed by atoms with Gasteiger partial charge in [-0.15, -0.1) is 0 Å². The molecule has 2 fully saturated rings. The molecule has 3 aliphatic heterocycles. The van der Waals surface area contributed by atoms with Gasteiger partial charge in [0.2, 0.25) is 0 Å². The first-order valence-corrected chi connectivity index (χ1v) is 13.3. The summed E-state index contributed by atoms with van der Waals surface area (Å²) in [7, 11) is 3.15. The molecule has 5 heterocycles. The van der Waals surface area contributed by atoms with E-state index >= 15 is 0 Å². The second-order valence-electron chi connectivity index (χ2n) is 10.2. The first-order valence-electron chi connectivity index (χ1n) is 13.3. The zero-order valence-electron chi connectivity index (χ0n) is 22.6. The summed E-state index contributed by atoms with van der Waals surface area (Å²) < 4.78 is 16.3. The fraction of sp³-hybridized carbons (Fsp3) is 0.500. The van der Waals surface area contributed by atoms with Crippen LogP contribution in [0, 0.1) is 17.2 Å². The predicted molar refractivity (Wildman–Crippen MR) is 143 cm³/mol. The lowest BCUT2D eigenvalue weighted by molar-refractivity contribution is -0.136. The summed E-state index contributed by atoms with van der Waals surface area (Å²) in [4.78, 5) is 49.9. The number of aryl methyl sites for hydroxylation is 1. The fourth-order valence-corrected chi connectivity index (χ4v) is 5.60. The number of hydrogen-bond donors (Lipinski definition) is 1. The second-order valence-corrected chi connectivity index (χ2v) is 10.2. The van der Waals surface area contributed by atoms with Gasteiger partial charge in [0, 0.05) is 58.0 Å². The molecule has 12 heteroatoms. The monoisotopic (exact) mass is 548 g/mol. The minimum atomic E-state index is -0.464. The molecule has 3 amide bonds. The molecular formula is C28H32N6O6. The highest BCUT2D eigenvalue weighted by Crippen LogP contribution is 2.30. The highest BCUT2D eigenvalue weighted by Gasteiger charge is 2.33. The van der Waals surface area contributed by atoms with Crippen molar-refractivity contribution < 1.29 is 28.6 Å². The summed E-state index contributed by atoms with van der Waals surface area (Å²) in [5.74, 6) is 0.711. The molecule has 0 radical (unpaired) electrons. The molecular weight excluding hydrogens is 516 g/mol. The maximum Gasteiger partial charge on any atom is 0.328 e. The largest absolute Gasteiger partial charge is 0.379 e. The van der Waals surface area contributed by atoms with Gasteiger partial charge in [-0.3, -0.25) is 19.8 Å². The Labute approximate surface area is 232 Å². The zero-order valence-corrected chi connectivity index (χ0v) is 22.6. The molecule has 2 aromatic rings. The summed E-state index contributed by atoms with van der Waals surface area (Å²) in [6, 6.07) is 5.31. The quantitative estimate of drug-likeness (QED) is 0.490. The van der Waals surface area contributed by atoms with Crippen molar-refractivity contribution >= 4 is 29.9 Å². The number of aldehydes is 1. The Balaban J connectivity index is 1.34. The minimum Gasteiger partial charge on any atom is -0.379 e. The molecule has 0 unspecified atom stereocenters. The number of fused-ring (bicyclic) bond motifs is 1. The van der Waals surface area contributed by atoms with Crippen molar-refractivity contribution in [3.8, 4) is 6.07 Å². The van der Waals surface area contributed by atoms with Crippen molar-refractivity contribution in [1.82, 2.24) is 14.9 Å². The van der Waals surface area contributed by atoms with Gasteiger partial charge in [-0.05, 0) is 42.5 Å². The van der Waals surface area contributed by atoms with Crippen LogP contribution in [0.25, 0.3) is 0 Å². The van der Waals surface area contributed by atoms with Crippen molar-refractivity contribution in [1.29, 1.82) is 5.26 Å². The van der Waals surface area contributed by atoms with E-state index in [0.717, 1.165) is 11.1 Å². The highest BCUT2D eigenvalue weighted by molar-refractivity contribution is 6.01. The number of pyridine rings is 2. The van der Waals surface area contributed by atoms with E-state index in [-0.39, 0.29) is 30.2 Å². The van der Waals surface area contributed by atoms with Crippen molar-refractivity contribution in [2.24, 2.45) is 5.92 Å². The van der Waals surface area contributed by atoms with Crippen LogP contribution in [0.5, 0.6) is 0 Å². The average molecular weight is 549 g/mol. The Kier molecular flexibility index (Phi) is 8.35. The molecule has 12 nitrogen and oxygen atoms in total. The summed E-state index contributed by atoms with van der Waals surface area (Å²) in [6.07, 6.45) is 4.14. The number of carbonyl (C=O) groups excluding carboxylic acids is 3. The lowest BCUT2D eigenvalue weighted by Crippen LogP contribution is -2.40. The topological polar surface area (TPSA) is 147 Å². The fourth-order valence-electron chi connectivity index (χ4n) is 5.60.